The van der Waals surface area contributed by atoms with Crippen LogP contribution in [0.1, 0.15) is 39.5 Å². The van der Waals surface area contributed by atoms with Crippen molar-refractivity contribution in [1.29, 1.82) is 0 Å². The lowest BCUT2D eigenvalue weighted by Gasteiger charge is -2.12. The molecule has 0 saturated heterocycles. The molecule has 0 fully saturated rings. The Morgan fingerprint density at radius 2 is 1.89 bits per heavy atom. The maximum absolute atomic E-state index is 11.7. The fourth-order valence-electron chi connectivity index (χ4n) is 2.87. The van der Waals surface area contributed by atoms with Crippen molar-refractivity contribution in [2.45, 2.75) is 33.7 Å². The van der Waals surface area contributed by atoms with Gasteiger partial charge in [0, 0.05) is 25.7 Å². The fourth-order valence-corrected chi connectivity index (χ4v) is 2.87. The number of amides is 1. The number of carbonyl (C=O) groups is 1. The molecule has 5 nitrogen and oxygen atoms in total. The van der Waals surface area contributed by atoms with Crippen LogP contribution >= 0.6 is 0 Å². The van der Waals surface area contributed by atoms with Gasteiger partial charge in [-0.2, -0.15) is 0 Å². The summed E-state index contributed by atoms with van der Waals surface area (Å²) in [6.45, 7) is 8.48. The van der Waals surface area contributed by atoms with Crippen molar-refractivity contribution in [2.24, 2.45) is 4.99 Å². The van der Waals surface area contributed by atoms with Crippen molar-refractivity contribution in [3.63, 3.8) is 0 Å². The first kappa shape index (κ1) is 20.5. The van der Waals surface area contributed by atoms with E-state index in [0.29, 0.717) is 12.1 Å². The van der Waals surface area contributed by atoms with Crippen LogP contribution in [-0.2, 0) is 13.0 Å². The zero-order valence-electron chi connectivity index (χ0n) is 16.7. The molecule has 2 aromatic rings. The Morgan fingerprint density at radius 1 is 1.07 bits per heavy atom. The minimum Gasteiger partial charge on any atom is -0.357 e. The molecule has 0 aliphatic rings. The number of rotatable bonds is 7. The van der Waals surface area contributed by atoms with E-state index in [1.165, 1.54) is 16.7 Å². The normalized spacial score (nSPS) is 11.2. The van der Waals surface area contributed by atoms with Gasteiger partial charge in [0.25, 0.3) is 5.91 Å². The van der Waals surface area contributed by atoms with Crippen molar-refractivity contribution in [3.05, 3.63) is 70.3 Å². The van der Waals surface area contributed by atoms with Crippen molar-refractivity contribution in [3.8, 4) is 0 Å². The Bertz CT molecular complexity index is 799. The zero-order chi connectivity index (χ0) is 19.6. The lowest BCUT2D eigenvalue weighted by Crippen LogP contribution is -2.38. The van der Waals surface area contributed by atoms with E-state index >= 15 is 0 Å². The number of aryl methyl sites for hydroxylation is 2. The number of guanidine groups is 1. The Kier molecular flexibility index (Phi) is 7.86. The molecule has 1 amide bonds. The molecule has 2 aromatic carbocycles. The van der Waals surface area contributed by atoms with Crippen LogP contribution in [0.15, 0.2) is 47.5 Å². The van der Waals surface area contributed by atoms with Gasteiger partial charge in [0.1, 0.15) is 0 Å². The molecule has 0 aromatic heterocycles. The van der Waals surface area contributed by atoms with Crippen LogP contribution in [0.2, 0.25) is 0 Å². The molecule has 0 unspecified atom stereocenters. The van der Waals surface area contributed by atoms with Crippen LogP contribution < -0.4 is 16.0 Å². The van der Waals surface area contributed by atoms with Crippen molar-refractivity contribution < 1.29 is 4.79 Å². The van der Waals surface area contributed by atoms with Gasteiger partial charge >= 0.3 is 0 Å². The van der Waals surface area contributed by atoms with Crippen LogP contribution in [0.3, 0.4) is 0 Å². The molecule has 3 N–H and O–H groups in total. The monoisotopic (exact) mass is 366 g/mol. The molecular weight excluding hydrogens is 336 g/mol. The van der Waals surface area contributed by atoms with E-state index in [2.05, 4.69) is 54.9 Å². The first-order chi connectivity index (χ1) is 13.0. The number of benzene rings is 2. The summed E-state index contributed by atoms with van der Waals surface area (Å²) in [7, 11) is 1.64. The van der Waals surface area contributed by atoms with Gasteiger partial charge in [-0.1, -0.05) is 35.9 Å². The molecule has 2 rings (SSSR count). The van der Waals surface area contributed by atoms with Gasteiger partial charge in [-0.25, -0.2) is 4.99 Å². The summed E-state index contributed by atoms with van der Waals surface area (Å²) in [4.78, 5) is 16.4. The fraction of sp³-hybridized carbons (Fsp3) is 0.364. The summed E-state index contributed by atoms with van der Waals surface area (Å²) in [5.41, 5.74) is 5.57. The molecule has 0 heterocycles. The molecular formula is C22H30N4O. The molecule has 0 spiro atoms. The Morgan fingerprint density at radius 3 is 2.59 bits per heavy atom. The Balaban J connectivity index is 1.95. The van der Waals surface area contributed by atoms with Crippen molar-refractivity contribution in [1.82, 2.24) is 16.0 Å². The highest BCUT2D eigenvalue weighted by Crippen LogP contribution is 2.11. The van der Waals surface area contributed by atoms with E-state index in [-0.39, 0.29) is 5.91 Å². The maximum atomic E-state index is 11.7. The molecule has 0 saturated carbocycles. The van der Waals surface area contributed by atoms with Crippen LogP contribution in [0.25, 0.3) is 0 Å². The second-order valence-electron chi connectivity index (χ2n) is 6.58. The molecule has 0 bridgehead atoms. The predicted octanol–water partition coefficient (Wildman–Crippen LogP) is 2.96. The van der Waals surface area contributed by atoms with Crippen molar-refractivity contribution in [2.75, 3.05) is 20.1 Å². The summed E-state index contributed by atoms with van der Waals surface area (Å²) < 4.78 is 0. The molecule has 5 heteroatoms. The van der Waals surface area contributed by atoms with E-state index in [1.54, 1.807) is 7.05 Å². The summed E-state index contributed by atoms with van der Waals surface area (Å²) in [5.74, 6) is 0.744. The average molecular weight is 367 g/mol. The van der Waals surface area contributed by atoms with Gasteiger partial charge in [-0.3, -0.25) is 4.79 Å². The summed E-state index contributed by atoms with van der Waals surface area (Å²) >= 11 is 0. The second kappa shape index (κ2) is 10.4. The van der Waals surface area contributed by atoms with Crippen LogP contribution in [0.4, 0.5) is 0 Å². The number of nitrogens with one attached hydrogen (secondary N) is 3. The third kappa shape index (κ3) is 6.44. The molecule has 0 aliphatic carbocycles. The van der Waals surface area contributed by atoms with E-state index in [0.717, 1.165) is 31.0 Å². The van der Waals surface area contributed by atoms with Gasteiger partial charge in [0.15, 0.2) is 5.96 Å². The largest absolute Gasteiger partial charge is 0.357 e. The minimum atomic E-state index is -0.0619. The van der Waals surface area contributed by atoms with E-state index in [1.807, 2.05) is 24.3 Å². The third-order valence-corrected chi connectivity index (χ3v) is 4.37. The standard InChI is InChI=1S/C22H30N4O/c1-5-24-22(26-15-20-10-9-16(2)13-17(20)3)25-12-11-18-7-6-8-19(14-18)21(27)23-4/h6-10,13-14H,5,11-12,15H2,1-4H3,(H,23,27)(H2,24,25,26). The summed E-state index contributed by atoms with van der Waals surface area (Å²) in [6, 6.07) is 14.2. The highest BCUT2D eigenvalue weighted by molar-refractivity contribution is 5.94. The zero-order valence-corrected chi connectivity index (χ0v) is 16.7. The topological polar surface area (TPSA) is 65.5 Å². The SMILES string of the molecule is CCNC(=NCc1ccc(C)cc1C)NCCc1cccc(C(=O)NC)c1. The lowest BCUT2D eigenvalue weighted by atomic mass is 10.1. The predicted molar refractivity (Wildman–Crippen MR) is 112 cm³/mol. The maximum Gasteiger partial charge on any atom is 0.251 e. The van der Waals surface area contributed by atoms with E-state index in [4.69, 9.17) is 4.99 Å². The number of nitrogens with zero attached hydrogens (tertiary/aromatic N) is 1. The summed E-state index contributed by atoms with van der Waals surface area (Å²) in [5, 5.41) is 9.31. The minimum absolute atomic E-state index is 0.0619. The third-order valence-electron chi connectivity index (χ3n) is 4.37. The molecule has 27 heavy (non-hydrogen) atoms. The first-order valence-corrected chi connectivity index (χ1v) is 9.42. The number of aliphatic imine (C=N–C) groups is 1. The molecule has 0 radical (unpaired) electrons. The summed E-state index contributed by atoms with van der Waals surface area (Å²) in [6.07, 6.45) is 0.818. The van der Waals surface area contributed by atoms with Gasteiger partial charge in [-0.15, -0.1) is 0 Å². The lowest BCUT2D eigenvalue weighted by molar-refractivity contribution is 0.0963. The molecule has 144 valence electrons. The smallest absolute Gasteiger partial charge is 0.251 e. The highest BCUT2D eigenvalue weighted by Gasteiger charge is 2.04. The van der Waals surface area contributed by atoms with Gasteiger partial charge in [0.05, 0.1) is 6.54 Å². The van der Waals surface area contributed by atoms with Crippen LogP contribution in [-0.4, -0.2) is 32.0 Å². The first-order valence-electron chi connectivity index (χ1n) is 9.42. The highest BCUT2D eigenvalue weighted by atomic mass is 16.1. The van der Waals surface area contributed by atoms with Gasteiger partial charge in [0.2, 0.25) is 0 Å². The second-order valence-corrected chi connectivity index (χ2v) is 6.58. The Labute approximate surface area is 162 Å². The van der Waals surface area contributed by atoms with Crippen molar-refractivity contribution >= 4 is 11.9 Å². The van der Waals surface area contributed by atoms with Gasteiger partial charge in [-0.05, 0) is 56.0 Å². The number of carbonyl (C=O) groups excluding carboxylic acids is 1. The van der Waals surface area contributed by atoms with Gasteiger partial charge < -0.3 is 16.0 Å². The molecule has 0 atom stereocenters. The van der Waals surface area contributed by atoms with E-state index < -0.39 is 0 Å². The van der Waals surface area contributed by atoms with Crippen LogP contribution in [0.5, 0.6) is 0 Å². The van der Waals surface area contributed by atoms with Crippen LogP contribution in [0, 0.1) is 13.8 Å². The molecule has 0 aliphatic heterocycles. The number of hydrogen-bond donors (Lipinski definition) is 3. The number of hydrogen-bond acceptors (Lipinski definition) is 2. The van der Waals surface area contributed by atoms with E-state index in [9.17, 15) is 4.79 Å². The quantitative estimate of drug-likeness (QED) is 0.521. The Hall–Kier alpha value is -2.82. The average Bonchev–Trinajstić information content (AvgIpc) is 2.66.